The van der Waals surface area contributed by atoms with E-state index in [0.29, 0.717) is 17.5 Å². The summed E-state index contributed by atoms with van der Waals surface area (Å²) in [7, 11) is 1.50. The van der Waals surface area contributed by atoms with Crippen LogP contribution in [0, 0.1) is 0 Å². The largest absolute Gasteiger partial charge is 0.496 e. The lowest BCUT2D eigenvalue weighted by atomic mass is 10.1. The Kier molecular flexibility index (Phi) is 7.56. The number of carboxylic acids is 1. The van der Waals surface area contributed by atoms with E-state index in [-0.39, 0.29) is 5.56 Å². The maximum absolute atomic E-state index is 11.4. The number of aromatic carboxylic acids is 1. The van der Waals surface area contributed by atoms with Crippen LogP contribution in [0.1, 0.15) is 28.2 Å². The van der Waals surface area contributed by atoms with E-state index in [9.17, 15) is 9.90 Å². The lowest BCUT2D eigenvalue weighted by Gasteiger charge is -2.34. The van der Waals surface area contributed by atoms with E-state index in [2.05, 4.69) is 35.9 Å². The molecule has 32 heavy (non-hydrogen) atoms. The molecule has 8 nitrogen and oxygen atoms in total. The lowest BCUT2D eigenvalue weighted by molar-refractivity contribution is 0.0693. The molecule has 1 saturated heterocycles. The average Bonchev–Trinajstić information content (AvgIpc) is 3.48. The van der Waals surface area contributed by atoms with Crippen LogP contribution in [-0.2, 0) is 13.0 Å². The number of methoxy groups -OCH3 is 1. The van der Waals surface area contributed by atoms with Crippen LogP contribution in [-0.4, -0.2) is 70.8 Å². The van der Waals surface area contributed by atoms with Crippen LogP contribution in [0.25, 0.3) is 10.7 Å². The number of halogens is 1. The Hall–Kier alpha value is -2.27. The van der Waals surface area contributed by atoms with E-state index in [4.69, 9.17) is 9.26 Å². The van der Waals surface area contributed by atoms with Crippen LogP contribution in [0.4, 0.5) is 0 Å². The molecule has 1 aromatic carbocycles. The molecule has 3 heterocycles. The van der Waals surface area contributed by atoms with E-state index in [0.717, 1.165) is 67.0 Å². The molecule has 4 rings (SSSR count). The van der Waals surface area contributed by atoms with Gasteiger partial charge in [0.15, 0.2) is 0 Å². The van der Waals surface area contributed by atoms with E-state index in [1.165, 1.54) is 7.11 Å². The predicted octanol–water partition coefficient (Wildman–Crippen LogP) is 4.02. The third kappa shape index (κ3) is 5.55. The van der Waals surface area contributed by atoms with Gasteiger partial charge >= 0.3 is 5.97 Å². The molecule has 0 spiro atoms. The highest BCUT2D eigenvalue weighted by molar-refractivity contribution is 9.10. The van der Waals surface area contributed by atoms with Gasteiger partial charge in [0.05, 0.1) is 12.0 Å². The predicted molar refractivity (Wildman–Crippen MR) is 125 cm³/mol. The number of hydrogen-bond donors (Lipinski definition) is 1. The summed E-state index contributed by atoms with van der Waals surface area (Å²) in [5.74, 6) is 0.752. The Morgan fingerprint density at radius 2 is 2.06 bits per heavy atom. The van der Waals surface area contributed by atoms with Crippen LogP contribution in [0.3, 0.4) is 0 Å². The second-order valence-corrected chi connectivity index (χ2v) is 9.46. The molecule has 0 bridgehead atoms. The standard InChI is InChI=1S/C22H25BrN4O4S/c1-30-18-12-15(17(23)13-16(18)22(28)29)14-27-9-7-26(8-10-27)6-2-5-20-24-21(25-31-20)19-4-3-11-32-19/h3-4,11-13H,2,5-10,14H2,1H3,(H,28,29). The van der Waals surface area contributed by atoms with Crippen LogP contribution >= 0.6 is 27.3 Å². The van der Waals surface area contributed by atoms with Crippen molar-refractivity contribution in [2.75, 3.05) is 39.8 Å². The number of thiophene rings is 1. The highest BCUT2D eigenvalue weighted by Gasteiger charge is 2.20. The van der Waals surface area contributed by atoms with Gasteiger partial charge in [0.1, 0.15) is 11.3 Å². The van der Waals surface area contributed by atoms with Crippen LogP contribution in [0.15, 0.2) is 38.6 Å². The summed E-state index contributed by atoms with van der Waals surface area (Å²) in [6, 6.07) is 7.41. The number of benzene rings is 1. The second kappa shape index (κ2) is 10.6. The highest BCUT2D eigenvalue weighted by Crippen LogP contribution is 2.29. The molecule has 0 saturated carbocycles. The van der Waals surface area contributed by atoms with E-state index in [1.807, 2.05) is 23.6 Å². The quantitative estimate of drug-likeness (QED) is 0.452. The van der Waals surface area contributed by atoms with Crippen LogP contribution < -0.4 is 4.74 Å². The minimum absolute atomic E-state index is 0.164. The minimum atomic E-state index is -0.994. The summed E-state index contributed by atoms with van der Waals surface area (Å²) in [5, 5.41) is 15.4. The summed E-state index contributed by atoms with van der Waals surface area (Å²) < 4.78 is 11.4. The number of rotatable bonds is 9. The number of carbonyl (C=O) groups is 1. The van der Waals surface area contributed by atoms with Crippen molar-refractivity contribution in [1.82, 2.24) is 19.9 Å². The van der Waals surface area contributed by atoms with E-state index < -0.39 is 5.97 Å². The summed E-state index contributed by atoms with van der Waals surface area (Å²) >= 11 is 5.12. The molecule has 0 aliphatic carbocycles. The highest BCUT2D eigenvalue weighted by atomic mass is 79.9. The molecule has 170 valence electrons. The first-order chi connectivity index (χ1) is 15.5. The Morgan fingerprint density at radius 3 is 2.75 bits per heavy atom. The van der Waals surface area contributed by atoms with Gasteiger partial charge in [-0.2, -0.15) is 4.98 Å². The summed E-state index contributed by atoms with van der Waals surface area (Å²) in [6.45, 7) is 5.64. The van der Waals surface area contributed by atoms with Gasteiger partial charge in [0.2, 0.25) is 11.7 Å². The van der Waals surface area contributed by atoms with Gasteiger partial charge in [-0.25, -0.2) is 4.79 Å². The summed E-state index contributed by atoms with van der Waals surface area (Å²) in [6.07, 6.45) is 1.76. The molecule has 1 aliphatic heterocycles. The van der Waals surface area contributed by atoms with Crippen LogP contribution in [0.5, 0.6) is 5.75 Å². The fourth-order valence-electron chi connectivity index (χ4n) is 3.78. The summed E-state index contributed by atoms with van der Waals surface area (Å²) in [5.41, 5.74) is 1.19. The normalized spacial score (nSPS) is 15.2. The second-order valence-electron chi connectivity index (χ2n) is 7.66. The lowest BCUT2D eigenvalue weighted by Crippen LogP contribution is -2.46. The number of aromatic nitrogens is 2. The number of nitrogens with zero attached hydrogens (tertiary/aromatic N) is 4. The van der Waals surface area contributed by atoms with E-state index in [1.54, 1.807) is 17.4 Å². The third-order valence-corrected chi connectivity index (χ3v) is 7.14. The third-order valence-electron chi connectivity index (χ3n) is 5.53. The Balaban J connectivity index is 1.23. The molecule has 0 amide bonds. The zero-order valence-corrected chi connectivity index (χ0v) is 20.2. The van der Waals surface area contributed by atoms with Gasteiger partial charge in [-0.3, -0.25) is 4.90 Å². The van der Waals surface area contributed by atoms with Gasteiger partial charge in [-0.05, 0) is 42.1 Å². The molecule has 0 radical (unpaired) electrons. The molecule has 10 heteroatoms. The number of piperazine rings is 1. The SMILES string of the molecule is COc1cc(CN2CCN(CCCc3nc(-c4cccs4)no3)CC2)c(Br)cc1C(=O)O. The monoisotopic (exact) mass is 520 g/mol. The minimum Gasteiger partial charge on any atom is -0.496 e. The van der Waals surface area contributed by atoms with Gasteiger partial charge in [0, 0.05) is 43.6 Å². The topological polar surface area (TPSA) is 91.9 Å². The first-order valence-electron chi connectivity index (χ1n) is 10.4. The number of carboxylic acid groups (broad SMARTS) is 1. The molecule has 1 N–H and O–H groups in total. The molecule has 1 aliphatic rings. The van der Waals surface area contributed by atoms with Crippen molar-refractivity contribution < 1.29 is 19.2 Å². The zero-order chi connectivity index (χ0) is 22.5. The van der Waals surface area contributed by atoms with Crippen molar-refractivity contribution in [3.8, 4) is 16.5 Å². The van der Waals surface area contributed by atoms with Crippen molar-refractivity contribution in [1.29, 1.82) is 0 Å². The Morgan fingerprint density at radius 1 is 1.28 bits per heavy atom. The van der Waals surface area contributed by atoms with Crippen molar-refractivity contribution >= 4 is 33.2 Å². The molecule has 3 aromatic rings. The first-order valence-corrected chi connectivity index (χ1v) is 12.1. The van der Waals surface area contributed by atoms with Crippen molar-refractivity contribution in [3.63, 3.8) is 0 Å². The smallest absolute Gasteiger partial charge is 0.339 e. The molecular weight excluding hydrogens is 496 g/mol. The van der Waals surface area contributed by atoms with E-state index >= 15 is 0 Å². The maximum Gasteiger partial charge on any atom is 0.339 e. The molecule has 2 aromatic heterocycles. The van der Waals surface area contributed by atoms with Gasteiger partial charge < -0.3 is 19.3 Å². The first kappa shape index (κ1) is 22.9. The fourth-order valence-corrected chi connectivity index (χ4v) is 4.90. The van der Waals surface area contributed by atoms with Gasteiger partial charge in [-0.1, -0.05) is 27.2 Å². The van der Waals surface area contributed by atoms with Crippen molar-refractivity contribution in [2.45, 2.75) is 19.4 Å². The maximum atomic E-state index is 11.4. The molecule has 1 fully saturated rings. The molecule has 0 atom stereocenters. The number of aryl methyl sites for hydroxylation is 1. The van der Waals surface area contributed by atoms with Crippen molar-refractivity contribution in [3.05, 3.63) is 51.1 Å². The number of ether oxygens (including phenoxy) is 1. The molecular formula is C22H25BrN4O4S. The summed E-state index contributed by atoms with van der Waals surface area (Å²) in [4.78, 5) is 21.7. The average molecular weight is 521 g/mol. The molecule has 0 unspecified atom stereocenters. The Labute approximate surface area is 198 Å². The fraction of sp³-hybridized carbons (Fsp3) is 0.409. The van der Waals surface area contributed by atoms with Crippen LogP contribution in [0.2, 0.25) is 0 Å². The van der Waals surface area contributed by atoms with Crippen molar-refractivity contribution in [2.24, 2.45) is 0 Å². The number of hydrogen-bond acceptors (Lipinski definition) is 8. The van der Waals surface area contributed by atoms with Gasteiger partial charge in [-0.15, -0.1) is 11.3 Å². The van der Waals surface area contributed by atoms with Gasteiger partial charge in [0.25, 0.3) is 0 Å². The zero-order valence-electron chi connectivity index (χ0n) is 17.8. The Bertz CT molecular complexity index is 1050.